The zero-order valence-corrected chi connectivity index (χ0v) is 24.6. The number of carboxylic acid groups (broad SMARTS) is 1. The molecular weight excluding hydrogens is 552 g/mol. The third kappa shape index (κ3) is 8.41. The van der Waals surface area contributed by atoms with Crippen molar-refractivity contribution in [2.75, 3.05) is 11.1 Å². The molecule has 0 spiro atoms. The van der Waals surface area contributed by atoms with E-state index in [9.17, 15) is 24.3 Å². The highest BCUT2D eigenvalue weighted by Crippen LogP contribution is 2.24. The highest BCUT2D eigenvalue weighted by molar-refractivity contribution is 5.98. The summed E-state index contributed by atoms with van der Waals surface area (Å²) in [5.74, 6) is -2.59. The lowest BCUT2D eigenvalue weighted by atomic mass is 9.98. The quantitative estimate of drug-likeness (QED) is 0.0879. The molecule has 0 bridgehead atoms. The summed E-state index contributed by atoms with van der Waals surface area (Å²) in [6.45, 7) is 7.06. The van der Waals surface area contributed by atoms with Gasteiger partial charge in [-0.25, -0.2) is 9.78 Å². The van der Waals surface area contributed by atoms with Crippen LogP contribution in [0.5, 0.6) is 0 Å². The number of aromatic nitrogens is 2. The van der Waals surface area contributed by atoms with Crippen LogP contribution in [0, 0.1) is 11.3 Å². The maximum atomic E-state index is 13.5. The molecule has 1 heterocycles. The summed E-state index contributed by atoms with van der Waals surface area (Å²) in [6.07, 6.45) is 1.95. The number of carboxylic acids is 1. The molecule has 2 atom stereocenters. The molecule has 9 N–H and O–H groups in total. The molecule has 0 radical (unpaired) electrons. The normalized spacial score (nSPS) is 12.3. The van der Waals surface area contributed by atoms with Gasteiger partial charge in [-0.15, -0.1) is 0 Å². The van der Waals surface area contributed by atoms with Gasteiger partial charge in [0.05, 0.1) is 11.9 Å². The molecule has 0 saturated carbocycles. The number of benzene rings is 2. The molecule has 228 valence electrons. The van der Waals surface area contributed by atoms with Crippen molar-refractivity contribution in [2.24, 2.45) is 11.7 Å². The molecule has 43 heavy (non-hydrogen) atoms. The number of nitrogens with two attached hydrogens (primary N) is 2. The largest absolute Gasteiger partial charge is 0.480 e. The zero-order valence-electron chi connectivity index (χ0n) is 24.6. The fraction of sp³-hybridized carbons (Fsp3) is 0.333. The van der Waals surface area contributed by atoms with E-state index in [-0.39, 0.29) is 53.6 Å². The summed E-state index contributed by atoms with van der Waals surface area (Å²) in [4.78, 5) is 55.6. The van der Waals surface area contributed by atoms with Crippen LogP contribution in [0.3, 0.4) is 0 Å². The Balaban J connectivity index is 1.95. The van der Waals surface area contributed by atoms with Crippen LogP contribution in [0.2, 0.25) is 0 Å². The lowest BCUT2D eigenvalue weighted by Crippen LogP contribution is -2.45. The topological polar surface area (TPSA) is 218 Å². The monoisotopic (exact) mass is 590 g/mol. The number of hydrogen-bond acceptors (Lipinski definition) is 8. The summed E-state index contributed by atoms with van der Waals surface area (Å²) in [5, 5.41) is 25.4. The second kappa shape index (κ2) is 14.1. The second-order valence-corrected chi connectivity index (χ2v) is 10.6. The SMILES string of the molecule is CCC(C)[C@H](NC(=O)c1cc(N)cc(-c2cnc(NC(C)C)c(=O)n2CC(=O)NCc2ccc(C(=N)N)cc2)c1)C(=O)O. The average molecular weight is 591 g/mol. The number of hydrogen-bond donors (Lipinski definition) is 7. The van der Waals surface area contributed by atoms with Crippen molar-refractivity contribution in [2.45, 2.75) is 59.3 Å². The molecule has 13 heteroatoms. The van der Waals surface area contributed by atoms with Gasteiger partial charge >= 0.3 is 5.97 Å². The molecule has 2 amide bonds. The van der Waals surface area contributed by atoms with Crippen LogP contribution in [0.1, 0.15) is 55.6 Å². The van der Waals surface area contributed by atoms with Gasteiger partial charge in [-0.2, -0.15) is 0 Å². The molecule has 2 aromatic carbocycles. The van der Waals surface area contributed by atoms with Crippen LogP contribution in [0.4, 0.5) is 11.5 Å². The Labute approximate surface area is 249 Å². The lowest BCUT2D eigenvalue weighted by Gasteiger charge is -2.21. The Morgan fingerprint density at radius 2 is 1.74 bits per heavy atom. The first-order valence-corrected chi connectivity index (χ1v) is 13.8. The maximum absolute atomic E-state index is 13.5. The number of carbonyl (C=O) groups excluding carboxylic acids is 2. The van der Waals surface area contributed by atoms with E-state index in [1.54, 1.807) is 31.2 Å². The summed E-state index contributed by atoms with van der Waals surface area (Å²) < 4.78 is 1.24. The molecule has 0 saturated heterocycles. The van der Waals surface area contributed by atoms with Gasteiger partial charge < -0.3 is 32.5 Å². The Hall–Kier alpha value is -5.20. The third-order valence-corrected chi connectivity index (χ3v) is 6.82. The van der Waals surface area contributed by atoms with Crippen LogP contribution >= 0.6 is 0 Å². The van der Waals surface area contributed by atoms with Gasteiger partial charge in [0.1, 0.15) is 18.4 Å². The van der Waals surface area contributed by atoms with E-state index in [1.165, 1.54) is 29.0 Å². The molecule has 13 nitrogen and oxygen atoms in total. The Morgan fingerprint density at radius 3 is 2.33 bits per heavy atom. The molecule has 3 rings (SSSR count). The molecule has 0 fully saturated rings. The van der Waals surface area contributed by atoms with Crippen LogP contribution in [-0.2, 0) is 22.7 Å². The smallest absolute Gasteiger partial charge is 0.326 e. The minimum absolute atomic E-state index is 0.0473. The Kier molecular flexibility index (Phi) is 10.6. The molecule has 0 aliphatic rings. The van der Waals surface area contributed by atoms with Crippen molar-refractivity contribution in [1.29, 1.82) is 5.41 Å². The highest BCUT2D eigenvalue weighted by atomic mass is 16.4. The summed E-state index contributed by atoms with van der Waals surface area (Å²) >= 11 is 0. The van der Waals surface area contributed by atoms with Crippen LogP contribution in [0.15, 0.2) is 53.5 Å². The molecule has 1 unspecified atom stereocenters. The fourth-order valence-corrected chi connectivity index (χ4v) is 4.29. The standard InChI is InChI=1S/C30H38N8O5/c1-5-17(4)25(30(42)43)37-28(40)21-10-20(11-22(31)12-21)23-14-35-27(36-16(2)3)29(41)38(23)15-24(39)34-13-18-6-8-19(9-7-18)26(32)33/h6-12,14,16-17,25H,5,13,15,31H2,1-4H3,(H3,32,33)(H,34,39)(H,35,36)(H,37,40)(H,42,43)/t17?,25-/m0/s1. The third-order valence-electron chi connectivity index (χ3n) is 6.82. The van der Waals surface area contributed by atoms with Crippen LogP contribution in [-0.4, -0.2) is 50.4 Å². The van der Waals surface area contributed by atoms with E-state index in [1.807, 2.05) is 20.8 Å². The first kappa shape index (κ1) is 32.3. The van der Waals surface area contributed by atoms with E-state index in [0.29, 0.717) is 17.5 Å². The predicted octanol–water partition coefficient (Wildman–Crippen LogP) is 2.14. The molecule has 3 aromatic rings. The van der Waals surface area contributed by atoms with Crippen molar-refractivity contribution in [3.63, 3.8) is 0 Å². The minimum atomic E-state index is -1.15. The van der Waals surface area contributed by atoms with Crippen molar-refractivity contribution < 1.29 is 19.5 Å². The first-order chi connectivity index (χ1) is 20.3. The van der Waals surface area contributed by atoms with E-state index in [2.05, 4.69) is 20.9 Å². The van der Waals surface area contributed by atoms with Gasteiger partial charge in [0.2, 0.25) is 5.91 Å². The van der Waals surface area contributed by atoms with Gasteiger partial charge in [-0.3, -0.25) is 24.4 Å². The van der Waals surface area contributed by atoms with E-state index in [4.69, 9.17) is 16.9 Å². The number of carbonyl (C=O) groups is 3. The Morgan fingerprint density at radius 1 is 1.07 bits per heavy atom. The lowest BCUT2D eigenvalue weighted by molar-refractivity contribution is -0.140. The van der Waals surface area contributed by atoms with Crippen molar-refractivity contribution in [3.05, 3.63) is 75.7 Å². The van der Waals surface area contributed by atoms with E-state index in [0.717, 1.165) is 5.56 Å². The summed E-state index contributed by atoms with van der Waals surface area (Å²) in [5.41, 5.74) is 13.2. The van der Waals surface area contributed by atoms with Crippen molar-refractivity contribution in [3.8, 4) is 11.3 Å². The number of nitrogens with one attached hydrogen (secondary N) is 4. The average Bonchev–Trinajstić information content (AvgIpc) is 2.95. The number of rotatable bonds is 13. The predicted molar refractivity (Wildman–Crippen MR) is 165 cm³/mol. The van der Waals surface area contributed by atoms with Gasteiger partial charge in [0, 0.05) is 35.0 Å². The highest BCUT2D eigenvalue weighted by Gasteiger charge is 2.26. The number of nitrogen functional groups attached to an aromatic ring is 2. The number of nitrogens with zero attached hydrogens (tertiary/aromatic N) is 2. The number of amides is 2. The maximum Gasteiger partial charge on any atom is 0.326 e. The first-order valence-electron chi connectivity index (χ1n) is 13.8. The molecule has 1 aromatic heterocycles. The van der Waals surface area contributed by atoms with E-state index < -0.39 is 29.4 Å². The zero-order chi connectivity index (χ0) is 31.8. The molecular formula is C30H38N8O5. The minimum Gasteiger partial charge on any atom is -0.480 e. The number of aliphatic carboxylic acids is 1. The molecule has 0 aliphatic heterocycles. The van der Waals surface area contributed by atoms with Crippen LogP contribution < -0.4 is 33.0 Å². The second-order valence-electron chi connectivity index (χ2n) is 10.6. The number of amidine groups is 1. The fourth-order valence-electron chi connectivity index (χ4n) is 4.29. The van der Waals surface area contributed by atoms with E-state index >= 15 is 0 Å². The van der Waals surface area contributed by atoms with Gasteiger partial charge in [0.15, 0.2) is 5.82 Å². The Bertz CT molecular complexity index is 1570. The van der Waals surface area contributed by atoms with Gasteiger partial charge in [0.25, 0.3) is 11.5 Å². The van der Waals surface area contributed by atoms with Crippen LogP contribution in [0.25, 0.3) is 11.3 Å². The summed E-state index contributed by atoms with van der Waals surface area (Å²) in [7, 11) is 0. The van der Waals surface area contributed by atoms with Crippen molar-refractivity contribution >= 4 is 35.1 Å². The number of anilines is 2. The van der Waals surface area contributed by atoms with Gasteiger partial charge in [-0.05, 0) is 43.5 Å². The van der Waals surface area contributed by atoms with Gasteiger partial charge in [-0.1, -0.05) is 44.5 Å². The van der Waals surface area contributed by atoms with Crippen molar-refractivity contribution in [1.82, 2.24) is 20.2 Å². The molecule has 0 aliphatic carbocycles. The summed E-state index contributed by atoms with van der Waals surface area (Å²) in [6, 6.07) is 10.0.